The fourth-order valence-corrected chi connectivity index (χ4v) is 0.596. The van der Waals surface area contributed by atoms with Gasteiger partial charge in [0.25, 0.3) is 0 Å². The van der Waals surface area contributed by atoms with E-state index in [9.17, 15) is 0 Å². The van der Waals surface area contributed by atoms with Gasteiger partial charge in [0.2, 0.25) is 0 Å². The minimum atomic E-state index is 0.420. The zero-order valence-corrected chi connectivity index (χ0v) is 4.79. The summed E-state index contributed by atoms with van der Waals surface area (Å²) in [6.45, 7) is 2.05. The number of allylic oxidation sites excluding steroid dienone is 2. The third-order valence-corrected chi connectivity index (χ3v) is 1.01. The van der Waals surface area contributed by atoms with Gasteiger partial charge in [0, 0.05) is 5.92 Å². The Kier molecular flexibility index (Phi) is 1.24. The molecule has 1 rings (SSSR count). The van der Waals surface area contributed by atoms with Crippen LogP contribution in [-0.2, 0) is 4.74 Å². The Morgan fingerprint density at radius 1 is 1.75 bits per heavy atom. The van der Waals surface area contributed by atoms with Crippen molar-refractivity contribution in [2.24, 2.45) is 11.7 Å². The Bertz CT molecular complexity index is 137. The van der Waals surface area contributed by atoms with Gasteiger partial charge in [0.1, 0.15) is 0 Å². The van der Waals surface area contributed by atoms with Crippen molar-refractivity contribution in [3.05, 3.63) is 24.3 Å². The molecule has 0 aromatic heterocycles. The summed E-state index contributed by atoms with van der Waals surface area (Å²) in [5.74, 6) is 0.920. The molecule has 8 heavy (non-hydrogen) atoms. The van der Waals surface area contributed by atoms with E-state index < -0.39 is 0 Å². The lowest BCUT2D eigenvalue weighted by molar-refractivity contribution is 0.330. The van der Waals surface area contributed by atoms with Gasteiger partial charge in [0.05, 0.1) is 6.26 Å². The van der Waals surface area contributed by atoms with Gasteiger partial charge in [-0.1, -0.05) is 6.92 Å². The molecule has 2 heteroatoms. The summed E-state index contributed by atoms with van der Waals surface area (Å²) >= 11 is 0. The third-order valence-electron chi connectivity index (χ3n) is 1.01. The Balaban J connectivity index is 2.60. The van der Waals surface area contributed by atoms with Gasteiger partial charge in [-0.2, -0.15) is 0 Å². The Morgan fingerprint density at radius 3 is 2.88 bits per heavy atom. The molecule has 1 unspecified atom stereocenters. The number of rotatable bonds is 0. The van der Waals surface area contributed by atoms with Crippen molar-refractivity contribution >= 4 is 0 Å². The lowest BCUT2D eigenvalue weighted by Crippen LogP contribution is -2.04. The van der Waals surface area contributed by atoms with Crippen molar-refractivity contribution in [2.75, 3.05) is 0 Å². The van der Waals surface area contributed by atoms with Crippen LogP contribution in [0.25, 0.3) is 0 Å². The van der Waals surface area contributed by atoms with Crippen LogP contribution in [0.2, 0.25) is 0 Å². The van der Waals surface area contributed by atoms with Crippen LogP contribution in [0.3, 0.4) is 0 Å². The van der Waals surface area contributed by atoms with E-state index in [1.165, 1.54) is 0 Å². The molecular weight excluding hydrogens is 102 g/mol. The molecule has 0 aromatic carbocycles. The van der Waals surface area contributed by atoms with Crippen molar-refractivity contribution in [1.82, 2.24) is 0 Å². The van der Waals surface area contributed by atoms with E-state index in [1.54, 1.807) is 6.26 Å². The minimum Gasteiger partial charge on any atom is -0.450 e. The molecule has 0 saturated carbocycles. The number of hydrogen-bond donors (Lipinski definition) is 1. The Hall–Kier alpha value is -0.920. The normalized spacial score (nSPS) is 26.6. The molecule has 0 amide bonds. The Labute approximate surface area is 48.6 Å². The number of hydrogen-bond acceptors (Lipinski definition) is 2. The second kappa shape index (κ2) is 1.90. The quantitative estimate of drug-likeness (QED) is 0.505. The maximum absolute atomic E-state index is 5.31. The van der Waals surface area contributed by atoms with Crippen LogP contribution in [0.1, 0.15) is 6.92 Å². The third kappa shape index (κ3) is 1.03. The number of ether oxygens (including phenoxy) is 1. The fraction of sp³-hybridized carbons (Fsp3) is 0.333. The lowest BCUT2D eigenvalue weighted by atomic mass is 10.1. The van der Waals surface area contributed by atoms with Crippen molar-refractivity contribution in [3.63, 3.8) is 0 Å². The van der Waals surface area contributed by atoms with E-state index in [0.29, 0.717) is 11.8 Å². The highest BCUT2D eigenvalue weighted by molar-refractivity contribution is 5.04. The molecule has 1 atom stereocenters. The van der Waals surface area contributed by atoms with Crippen LogP contribution in [0.5, 0.6) is 0 Å². The predicted octanol–water partition coefficient (Wildman–Crippen LogP) is 0.967. The topological polar surface area (TPSA) is 35.2 Å². The van der Waals surface area contributed by atoms with E-state index in [2.05, 4.69) is 0 Å². The molecule has 0 radical (unpaired) electrons. The van der Waals surface area contributed by atoms with Crippen molar-refractivity contribution in [2.45, 2.75) is 6.92 Å². The summed E-state index contributed by atoms with van der Waals surface area (Å²) in [4.78, 5) is 0. The molecule has 0 aliphatic carbocycles. The van der Waals surface area contributed by atoms with Gasteiger partial charge in [0.15, 0.2) is 5.88 Å². The first-order valence-electron chi connectivity index (χ1n) is 2.59. The highest BCUT2D eigenvalue weighted by Crippen LogP contribution is 2.07. The average Bonchev–Trinajstić information content (AvgIpc) is 1.64. The molecule has 1 aliphatic heterocycles. The predicted molar refractivity (Wildman–Crippen MR) is 31.7 cm³/mol. The standard InChI is InChI=1S/C6H9NO/c1-5-2-3-8-6(7)4-5/h2-5H,7H2,1H3. The molecule has 1 heterocycles. The minimum absolute atomic E-state index is 0.420. The Morgan fingerprint density at radius 2 is 2.50 bits per heavy atom. The summed E-state index contributed by atoms with van der Waals surface area (Å²) in [5, 5.41) is 0. The molecule has 0 fully saturated rings. The van der Waals surface area contributed by atoms with Crippen LogP contribution in [0, 0.1) is 5.92 Å². The highest BCUT2D eigenvalue weighted by Gasteiger charge is 1.98. The van der Waals surface area contributed by atoms with E-state index in [1.807, 2.05) is 19.1 Å². The van der Waals surface area contributed by atoms with Gasteiger partial charge in [-0.3, -0.25) is 0 Å². The summed E-state index contributed by atoms with van der Waals surface area (Å²) in [6, 6.07) is 0. The summed E-state index contributed by atoms with van der Waals surface area (Å²) < 4.78 is 4.81. The zero-order valence-electron chi connectivity index (χ0n) is 4.79. The maximum atomic E-state index is 5.31. The van der Waals surface area contributed by atoms with Crippen LogP contribution >= 0.6 is 0 Å². The van der Waals surface area contributed by atoms with Crippen LogP contribution < -0.4 is 5.73 Å². The maximum Gasteiger partial charge on any atom is 0.186 e. The van der Waals surface area contributed by atoms with Crippen molar-refractivity contribution < 1.29 is 4.74 Å². The molecular formula is C6H9NO. The second-order valence-electron chi connectivity index (χ2n) is 1.87. The van der Waals surface area contributed by atoms with E-state index in [4.69, 9.17) is 10.5 Å². The molecule has 0 aromatic rings. The first kappa shape index (κ1) is 5.22. The average molecular weight is 111 g/mol. The molecule has 0 saturated heterocycles. The van der Waals surface area contributed by atoms with Gasteiger partial charge in [-0.05, 0) is 12.2 Å². The smallest absolute Gasteiger partial charge is 0.186 e. The van der Waals surface area contributed by atoms with E-state index >= 15 is 0 Å². The molecule has 2 N–H and O–H groups in total. The van der Waals surface area contributed by atoms with Crippen molar-refractivity contribution in [1.29, 1.82) is 0 Å². The van der Waals surface area contributed by atoms with Crippen LogP contribution in [-0.4, -0.2) is 0 Å². The second-order valence-corrected chi connectivity index (χ2v) is 1.87. The van der Waals surface area contributed by atoms with Crippen LogP contribution in [0.4, 0.5) is 0 Å². The number of nitrogens with two attached hydrogens (primary N) is 1. The zero-order chi connectivity index (χ0) is 5.98. The van der Waals surface area contributed by atoms with Crippen molar-refractivity contribution in [3.8, 4) is 0 Å². The molecule has 44 valence electrons. The van der Waals surface area contributed by atoms with Gasteiger partial charge in [-0.25, -0.2) is 0 Å². The first-order chi connectivity index (χ1) is 3.79. The SMILES string of the molecule is CC1C=COC(N)=C1. The molecule has 2 nitrogen and oxygen atoms in total. The molecule has 0 spiro atoms. The van der Waals surface area contributed by atoms with Gasteiger partial charge < -0.3 is 10.5 Å². The molecule has 0 bridgehead atoms. The monoisotopic (exact) mass is 111 g/mol. The fourth-order valence-electron chi connectivity index (χ4n) is 0.596. The summed E-state index contributed by atoms with van der Waals surface area (Å²) in [7, 11) is 0. The summed E-state index contributed by atoms with van der Waals surface area (Å²) in [5.41, 5.74) is 5.31. The lowest BCUT2D eigenvalue weighted by Gasteiger charge is -2.07. The highest BCUT2D eigenvalue weighted by atomic mass is 16.5. The van der Waals surface area contributed by atoms with Crippen LogP contribution in [0.15, 0.2) is 24.3 Å². The molecule has 1 aliphatic rings. The first-order valence-corrected chi connectivity index (χ1v) is 2.59. The van der Waals surface area contributed by atoms with E-state index in [0.717, 1.165) is 0 Å². The van der Waals surface area contributed by atoms with Gasteiger partial charge >= 0.3 is 0 Å². The largest absolute Gasteiger partial charge is 0.450 e. The van der Waals surface area contributed by atoms with Gasteiger partial charge in [-0.15, -0.1) is 0 Å². The summed E-state index contributed by atoms with van der Waals surface area (Å²) in [6.07, 6.45) is 5.41. The van der Waals surface area contributed by atoms with E-state index in [-0.39, 0.29) is 0 Å².